The molecule has 0 aliphatic carbocycles. The third-order valence-electron chi connectivity index (χ3n) is 2.45. The number of hydrogen-bond donors (Lipinski definition) is 1. The lowest BCUT2D eigenvalue weighted by Gasteiger charge is -2.04. The summed E-state index contributed by atoms with van der Waals surface area (Å²) in [5, 5.41) is 11.8. The van der Waals surface area contributed by atoms with Crippen molar-refractivity contribution in [2.45, 2.75) is 12.8 Å². The summed E-state index contributed by atoms with van der Waals surface area (Å²) in [5.74, 6) is 0.471. The first-order chi connectivity index (χ1) is 10.2. The van der Waals surface area contributed by atoms with Gasteiger partial charge in [0.1, 0.15) is 16.6 Å². The van der Waals surface area contributed by atoms with Crippen LogP contribution in [0.3, 0.4) is 0 Å². The van der Waals surface area contributed by atoms with E-state index in [-0.39, 0.29) is 11.8 Å². The molecule has 0 aliphatic heterocycles. The third kappa shape index (κ3) is 5.61. The largest absolute Gasteiger partial charge is 0.494 e. The minimum absolute atomic E-state index is 0.0874. The summed E-state index contributed by atoms with van der Waals surface area (Å²) in [5.41, 5.74) is 0. The van der Waals surface area contributed by atoms with Crippen molar-refractivity contribution in [3.63, 3.8) is 0 Å². The molecule has 0 saturated heterocycles. The number of alkyl halides is 1. The van der Waals surface area contributed by atoms with Crippen LogP contribution in [0.5, 0.6) is 5.75 Å². The quantitative estimate of drug-likeness (QED) is 0.580. The maximum Gasteiger partial charge on any atom is 0.241 e. The number of aromatic nitrogens is 2. The number of nitrogens with zero attached hydrogens (tertiary/aromatic N) is 2. The Labute approximate surface area is 139 Å². The molecule has 0 spiro atoms. The van der Waals surface area contributed by atoms with Gasteiger partial charge in [0.25, 0.3) is 0 Å². The second-order valence-electron chi connectivity index (χ2n) is 4.09. The molecule has 0 aliphatic rings. The summed E-state index contributed by atoms with van der Waals surface area (Å²) in [6.07, 6.45) is 1.58. The van der Waals surface area contributed by atoms with E-state index in [1.54, 1.807) is 0 Å². The highest BCUT2D eigenvalue weighted by atomic mass is 79.9. The van der Waals surface area contributed by atoms with Gasteiger partial charge in [0, 0.05) is 10.9 Å². The second kappa shape index (κ2) is 8.31. The normalized spacial score (nSPS) is 10.4. The Kier molecular flexibility index (Phi) is 6.41. The Balaban J connectivity index is 1.71. The summed E-state index contributed by atoms with van der Waals surface area (Å²) in [4.78, 5) is 11.1. The Morgan fingerprint density at radius 3 is 2.81 bits per heavy atom. The zero-order valence-electron chi connectivity index (χ0n) is 11.0. The number of carbonyl (C=O) groups is 1. The highest BCUT2D eigenvalue weighted by molar-refractivity contribution is 9.10. The molecule has 0 radical (unpaired) electrons. The molecular formula is C13H13BrClN3O2S. The van der Waals surface area contributed by atoms with E-state index < -0.39 is 0 Å². The average molecular weight is 391 g/mol. The average Bonchev–Trinajstić information content (AvgIpc) is 2.93. The minimum atomic E-state index is -0.280. The Morgan fingerprint density at radius 1 is 1.33 bits per heavy atom. The molecular weight excluding hydrogens is 378 g/mol. The van der Waals surface area contributed by atoms with Crippen molar-refractivity contribution in [2.24, 2.45) is 0 Å². The van der Waals surface area contributed by atoms with Gasteiger partial charge < -0.3 is 4.74 Å². The molecule has 0 saturated carbocycles. The van der Waals surface area contributed by atoms with E-state index in [2.05, 4.69) is 31.4 Å². The molecule has 0 atom stereocenters. The molecule has 0 unspecified atom stereocenters. The van der Waals surface area contributed by atoms with E-state index in [0.717, 1.165) is 28.1 Å². The molecule has 5 nitrogen and oxygen atoms in total. The zero-order valence-corrected chi connectivity index (χ0v) is 14.2. The maximum atomic E-state index is 11.1. The number of amides is 1. The van der Waals surface area contributed by atoms with Gasteiger partial charge in [-0.15, -0.1) is 21.8 Å². The van der Waals surface area contributed by atoms with Gasteiger partial charge in [-0.1, -0.05) is 27.3 Å². The van der Waals surface area contributed by atoms with Gasteiger partial charge in [-0.2, -0.15) is 0 Å². The molecule has 0 bridgehead atoms. The van der Waals surface area contributed by atoms with Gasteiger partial charge in [0.05, 0.1) is 6.61 Å². The summed E-state index contributed by atoms with van der Waals surface area (Å²) in [6, 6.07) is 7.70. The van der Waals surface area contributed by atoms with E-state index in [4.69, 9.17) is 16.3 Å². The number of anilines is 1. The maximum absolute atomic E-state index is 11.1. The van der Waals surface area contributed by atoms with Gasteiger partial charge in [0.15, 0.2) is 0 Å². The van der Waals surface area contributed by atoms with E-state index in [9.17, 15) is 4.79 Å². The number of rotatable bonds is 7. The standard InChI is InChI=1S/C13H13BrClN3O2S/c14-9-3-5-10(6-4-9)20-7-1-2-12-17-18-13(21-12)16-11(19)8-15/h3-6H,1-2,7-8H2,(H,16,18,19). The molecule has 8 heteroatoms. The van der Waals surface area contributed by atoms with Crippen LogP contribution < -0.4 is 10.1 Å². The lowest BCUT2D eigenvalue weighted by atomic mass is 10.3. The molecule has 2 aromatic rings. The first-order valence-corrected chi connectivity index (χ1v) is 8.38. The molecule has 0 fully saturated rings. The monoisotopic (exact) mass is 389 g/mol. The molecule has 1 amide bonds. The molecule has 2 rings (SSSR count). The zero-order chi connectivity index (χ0) is 15.1. The lowest BCUT2D eigenvalue weighted by molar-refractivity contribution is -0.113. The van der Waals surface area contributed by atoms with Crippen LogP contribution in [-0.2, 0) is 11.2 Å². The fourth-order valence-corrected chi connectivity index (χ4v) is 2.63. The predicted molar refractivity (Wildman–Crippen MR) is 87.2 cm³/mol. The van der Waals surface area contributed by atoms with Gasteiger partial charge >= 0.3 is 0 Å². The summed E-state index contributed by atoms with van der Waals surface area (Å²) < 4.78 is 6.64. The lowest BCUT2D eigenvalue weighted by Crippen LogP contribution is -2.12. The number of ether oxygens (including phenoxy) is 1. The van der Waals surface area contributed by atoms with Crippen molar-refractivity contribution in [1.82, 2.24) is 10.2 Å². The van der Waals surface area contributed by atoms with Crippen molar-refractivity contribution < 1.29 is 9.53 Å². The van der Waals surface area contributed by atoms with Crippen LogP contribution in [0.1, 0.15) is 11.4 Å². The summed E-state index contributed by atoms with van der Waals surface area (Å²) >= 11 is 10.1. The second-order valence-corrected chi connectivity index (χ2v) is 6.33. The minimum Gasteiger partial charge on any atom is -0.494 e. The van der Waals surface area contributed by atoms with Crippen molar-refractivity contribution in [3.8, 4) is 5.75 Å². The van der Waals surface area contributed by atoms with Gasteiger partial charge in [0.2, 0.25) is 11.0 Å². The first-order valence-electron chi connectivity index (χ1n) is 6.24. The van der Waals surface area contributed by atoms with E-state index in [1.807, 2.05) is 24.3 Å². The first kappa shape index (κ1) is 16.2. The molecule has 1 aromatic heterocycles. The highest BCUT2D eigenvalue weighted by Gasteiger charge is 2.07. The van der Waals surface area contributed by atoms with Crippen molar-refractivity contribution >= 4 is 49.9 Å². The van der Waals surface area contributed by atoms with Crippen LogP contribution in [0.4, 0.5) is 5.13 Å². The topological polar surface area (TPSA) is 64.1 Å². The van der Waals surface area contributed by atoms with Crippen LogP contribution in [-0.4, -0.2) is 28.6 Å². The number of benzene rings is 1. The predicted octanol–water partition coefficient (Wildman–Crippen LogP) is 3.49. The Morgan fingerprint density at radius 2 is 2.10 bits per heavy atom. The summed E-state index contributed by atoms with van der Waals surface area (Å²) in [6.45, 7) is 0.602. The van der Waals surface area contributed by atoms with Gasteiger partial charge in [-0.05, 0) is 30.7 Å². The highest BCUT2D eigenvalue weighted by Crippen LogP contribution is 2.18. The summed E-state index contributed by atoms with van der Waals surface area (Å²) in [7, 11) is 0. The van der Waals surface area contributed by atoms with E-state index in [1.165, 1.54) is 11.3 Å². The molecule has 112 valence electrons. The third-order valence-corrected chi connectivity index (χ3v) is 4.12. The number of nitrogens with one attached hydrogen (secondary N) is 1. The smallest absolute Gasteiger partial charge is 0.241 e. The van der Waals surface area contributed by atoms with Crippen molar-refractivity contribution in [1.29, 1.82) is 0 Å². The van der Waals surface area contributed by atoms with Crippen molar-refractivity contribution in [3.05, 3.63) is 33.7 Å². The Bertz CT molecular complexity index is 591. The van der Waals surface area contributed by atoms with Crippen molar-refractivity contribution in [2.75, 3.05) is 17.8 Å². The number of halogens is 2. The van der Waals surface area contributed by atoms with Crippen LogP contribution >= 0.6 is 38.9 Å². The van der Waals surface area contributed by atoms with Crippen LogP contribution in [0.2, 0.25) is 0 Å². The Hall–Kier alpha value is -1.18. The van der Waals surface area contributed by atoms with Gasteiger partial charge in [-0.25, -0.2) is 0 Å². The fraction of sp³-hybridized carbons (Fsp3) is 0.308. The van der Waals surface area contributed by atoms with E-state index in [0.29, 0.717) is 11.7 Å². The number of hydrogen-bond acceptors (Lipinski definition) is 5. The van der Waals surface area contributed by atoms with E-state index >= 15 is 0 Å². The molecule has 1 heterocycles. The molecule has 1 aromatic carbocycles. The SMILES string of the molecule is O=C(CCl)Nc1nnc(CCCOc2ccc(Br)cc2)s1. The van der Waals surface area contributed by atoms with Crippen LogP contribution in [0, 0.1) is 0 Å². The molecule has 21 heavy (non-hydrogen) atoms. The number of carbonyl (C=O) groups excluding carboxylic acids is 1. The van der Waals surface area contributed by atoms with Crippen LogP contribution in [0.15, 0.2) is 28.7 Å². The molecule has 1 N–H and O–H groups in total. The number of aryl methyl sites for hydroxylation is 1. The fourth-order valence-electron chi connectivity index (χ4n) is 1.50. The van der Waals surface area contributed by atoms with Gasteiger partial charge in [-0.3, -0.25) is 10.1 Å². The van der Waals surface area contributed by atoms with Crippen LogP contribution in [0.25, 0.3) is 0 Å².